The highest BCUT2D eigenvalue weighted by Crippen LogP contribution is 2.37. The second-order valence-electron chi connectivity index (χ2n) is 10.4. The van der Waals surface area contributed by atoms with Gasteiger partial charge in [-0.1, -0.05) is 6.58 Å². The second kappa shape index (κ2) is 12.0. The minimum Gasteiger partial charge on any atom is -0.380 e. The summed E-state index contributed by atoms with van der Waals surface area (Å²) >= 11 is 0. The summed E-state index contributed by atoms with van der Waals surface area (Å²) < 4.78 is 62.4. The molecule has 2 fully saturated rings. The van der Waals surface area contributed by atoms with Crippen molar-refractivity contribution in [2.24, 2.45) is 0 Å². The van der Waals surface area contributed by atoms with Crippen molar-refractivity contribution in [3.05, 3.63) is 77.7 Å². The summed E-state index contributed by atoms with van der Waals surface area (Å²) in [6.45, 7) is 7.88. The highest BCUT2D eigenvalue weighted by molar-refractivity contribution is 6.09. The van der Waals surface area contributed by atoms with Crippen molar-refractivity contribution in [3.63, 3.8) is 0 Å². The van der Waals surface area contributed by atoms with Crippen LogP contribution in [0.4, 0.5) is 28.9 Å². The highest BCUT2D eigenvalue weighted by Gasteiger charge is 2.40. The molecule has 3 aliphatic heterocycles. The van der Waals surface area contributed by atoms with E-state index in [1.54, 1.807) is 12.3 Å². The molecule has 2 saturated heterocycles. The third kappa shape index (κ3) is 6.77. The van der Waals surface area contributed by atoms with E-state index < -0.39 is 29.0 Å². The number of hydrogen-bond acceptors (Lipinski definition) is 7. The molecule has 1 aromatic heterocycles. The maximum Gasteiger partial charge on any atom is 0.417 e. The first-order valence-electron chi connectivity index (χ1n) is 13.4. The van der Waals surface area contributed by atoms with Crippen molar-refractivity contribution >= 4 is 17.3 Å². The predicted octanol–water partition coefficient (Wildman–Crippen LogP) is 3.95. The smallest absolute Gasteiger partial charge is 0.380 e. The number of alkyl halides is 3. The average Bonchev–Trinajstić information content (AvgIpc) is 3.46. The Bertz CT molecular complexity index is 1380. The topological polar surface area (TPSA) is 81.8 Å². The number of nitrogens with one attached hydrogen (secondary N) is 3. The monoisotopic (exact) mass is 572 g/mol. The first-order valence-corrected chi connectivity index (χ1v) is 13.4. The molecular weight excluding hydrogens is 540 g/mol. The van der Waals surface area contributed by atoms with Gasteiger partial charge in [0, 0.05) is 80.8 Å². The number of allylic oxidation sites excluding steroid dienone is 1. The molecule has 1 unspecified atom stereocenters. The molecule has 3 N–H and O–H groups in total. The van der Waals surface area contributed by atoms with E-state index in [2.05, 4.69) is 32.4 Å². The average molecular weight is 573 g/mol. The quantitative estimate of drug-likeness (QED) is 0.434. The minimum absolute atomic E-state index is 0.0124. The van der Waals surface area contributed by atoms with Gasteiger partial charge in [-0.2, -0.15) is 13.2 Å². The molecule has 41 heavy (non-hydrogen) atoms. The van der Waals surface area contributed by atoms with E-state index in [-0.39, 0.29) is 23.0 Å². The van der Waals surface area contributed by atoms with Crippen LogP contribution in [0.15, 0.2) is 66.3 Å². The summed E-state index contributed by atoms with van der Waals surface area (Å²) in [4.78, 5) is 21.6. The van der Waals surface area contributed by atoms with Crippen LogP contribution >= 0.6 is 0 Å². The number of pyridine rings is 1. The molecule has 1 amide bonds. The van der Waals surface area contributed by atoms with E-state index in [9.17, 15) is 18.0 Å². The number of amides is 1. The predicted molar refractivity (Wildman–Crippen MR) is 149 cm³/mol. The summed E-state index contributed by atoms with van der Waals surface area (Å²) in [5, 5.41) is 8.61. The van der Waals surface area contributed by atoms with E-state index in [1.807, 2.05) is 11.9 Å². The molecule has 0 aliphatic carbocycles. The molecular formula is C29H32F4N6O2. The van der Waals surface area contributed by atoms with Crippen molar-refractivity contribution in [1.29, 1.82) is 0 Å². The van der Waals surface area contributed by atoms with Gasteiger partial charge in [0.1, 0.15) is 5.82 Å². The molecule has 0 spiro atoms. The van der Waals surface area contributed by atoms with Crippen LogP contribution in [0.1, 0.15) is 12.0 Å². The van der Waals surface area contributed by atoms with Crippen LogP contribution < -0.4 is 20.9 Å². The second-order valence-corrected chi connectivity index (χ2v) is 10.4. The van der Waals surface area contributed by atoms with Gasteiger partial charge < -0.3 is 30.5 Å². The van der Waals surface area contributed by atoms with Gasteiger partial charge in [0.05, 0.1) is 29.1 Å². The minimum atomic E-state index is -4.77. The zero-order valence-electron chi connectivity index (χ0n) is 22.7. The van der Waals surface area contributed by atoms with Crippen molar-refractivity contribution in [3.8, 4) is 11.1 Å². The van der Waals surface area contributed by atoms with Gasteiger partial charge in [-0.15, -0.1) is 0 Å². The van der Waals surface area contributed by atoms with Crippen LogP contribution in [-0.2, 0) is 16.1 Å². The van der Waals surface area contributed by atoms with Gasteiger partial charge in [-0.25, -0.2) is 4.39 Å². The summed E-state index contributed by atoms with van der Waals surface area (Å²) in [5.74, 6) is -1.50. The maximum atomic E-state index is 15.7. The van der Waals surface area contributed by atoms with E-state index in [1.165, 1.54) is 18.3 Å². The van der Waals surface area contributed by atoms with Crippen molar-refractivity contribution < 1.29 is 27.1 Å². The molecule has 5 rings (SSSR count). The molecule has 12 heteroatoms. The van der Waals surface area contributed by atoms with Crippen LogP contribution in [0.2, 0.25) is 0 Å². The van der Waals surface area contributed by atoms with Gasteiger partial charge >= 0.3 is 6.18 Å². The number of piperazine rings is 1. The number of likely N-dealkylation sites (N-methyl/N-ethyl adjacent to an activating group) is 1. The molecule has 218 valence electrons. The number of anilines is 2. The first kappa shape index (κ1) is 28.8. The first-order chi connectivity index (χ1) is 19.6. The lowest BCUT2D eigenvalue weighted by Gasteiger charge is -2.35. The van der Waals surface area contributed by atoms with Gasteiger partial charge in [0.15, 0.2) is 0 Å². The lowest BCUT2D eigenvalue weighted by molar-refractivity contribution is -0.115. The maximum absolute atomic E-state index is 15.7. The number of benzene rings is 1. The SMILES string of the molecule is C=C1C=C(C(F)(F)F)C(C(=O)Nc2cc(-c3cncc(CNC4CCOC4)c3)c(F)cc2N2CCN(C)CC2)=CN1. The van der Waals surface area contributed by atoms with Crippen LogP contribution in [-0.4, -0.2) is 74.4 Å². The Morgan fingerprint density at radius 2 is 1.98 bits per heavy atom. The van der Waals surface area contributed by atoms with Crippen LogP contribution in [0.5, 0.6) is 0 Å². The van der Waals surface area contributed by atoms with Gasteiger partial charge in [0.2, 0.25) is 0 Å². The fraction of sp³-hybridized carbons (Fsp3) is 0.379. The van der Waals surface area contributed by atoms with E-state index >= 15 is 4.39 Å². The third-order valence-corrected chi connectivity index (χ3v) is 7.37. The van der Waals surface area contributed by atoms with E-state index in [0.29, 0.717) is 57.2 Å². The van der Waals surface area contributed by atoms with Crippen LogP contribution in [0.25, 0.3) is 11.1 Å². The number of aromatic nitrogens is 1. The number of hydrogen-bond donors (Lipinski definition) is 3. The third-order valence-electron chi connectivity index (χ3n) is 7.37. The molecule has 8 nitrogen and oxygen atoms in total. The molecule has 0 bridgehead atoms. The largest absolute Gasteiger partial charge is 0.417 e. The Balaban J connectivity index is 1.47. The standard InChI is InChI=1S/C29H32F4N6O2/c1-18-9-24(29(31,32)33)23(16-35-18)28(40)37-26-11-22(25(30)12-27(26)39-6-4-38(2)5-7-39)20-10-19(13-34-15-20)14-36-21-3-8-41-17-21/h9-13,15-16,21,35-36H,1,3-8,14,17H2,2H3,(H,37,40). The molecule has 4 heterocycles. The summed E-state index contributed by atoms with van der Waals surface area (Å²) in [6.07, 6.45) is 1.11. The lowest BCUT2D eigenvalue weighted by atomic mass is 10.0. The Hall–Kier alpha value is -3.74. The molecule has 2 aromatic rings. The summed E-state index contributed by atoms with van der Waals surface area (Å²) in [7, 11) is 1.97. The number of ether oxygens (including phenoxy) is 1. The number of carbonyl (C=O) groups is 1. The van der Waals surface area contributed by atoms with Crippen LogP contribution in [0, 0.1) is 5.82 Å². The van der Waals surface area contributed by atoms with E-state index in [0.717, 1.165) is 24.3 Å². The molecule has 1 aromatic carbocycles. The lowest BCUT2D eigenvalue weighted by Crippen LogP contribution is -2.44. The number of halogens is 4. The van der Waals surface area contributed by atoms with Gasteiger partial charge in [0.25, 0.3) is 5.91 Å². The Labute approximate surface area is 235 Å². The van der Waals surface area contributed by atoms with E-state index in [4.69, 9.17) is 4.74 Å². The number of nitrogens with zero attached hydrogens (tertiary/aromatic N) is 3. The molecule has 0 radical (unpaired) electrons. The van der Waals surface area contributed by atoms with Gasteiger partial charge in [-0.05, 0) is 43.3 Å². The summed E-state index contributed by atoms with van der Waals surface area (Å²) in [6, 6.07) is 4.83. The highest BCUT2D eigenvalue weighted by atomic mass is 19.4. The number of dihydropyridines is 1. The molecule has 1 atom stereocenters. The van der Waals surface area contributed by atoms with Gasteiger partial charge in [-0.3, -0.25) is 9.78 Å². The zero-order valence-corrected chi connectivity index (χ0v) is 22.7. The fourth-order valence-corrected chi connectivity index (χ4v) is 5.03. The number of carbonyl (C=O) groups excluding carboxylic acids is 1. The molecule has 0 saturated carbocycles. The number of rotatable bonds is 7. The normalized spacial score (nSPS) is 20.0. The zero-order chi connectivity index (χ0) is 29.1. The molecule has 3 aliphatic rings. The van der Waals surface area contributed by atoms with Crippen LogP contribution in [0.3, 0.4) is 0 Å². The fourth-order valence-electron chi connectivity index (χ4n) is 5.03. The van der Waals surface area contributed by atoms with Crippen molar-refractivity contribution in [2.45, 2.75) is 25.2 Å². The summed E-state index contributed by atoms with van der Waals surface area (Å²) in [5.41, 5.74) is 0.396. The van der Waals surface area contributed by atoms with Crippen molar-refractivity contribution in [2.75, 3.05) is 56.7 Å². The Morgan fingerprint density at radius 3 is 2.68 bits per heavy atom. The Kier molecular flexibility index (Phi) is 8.43. The van der Waals surface area contributed by atoms with Crippen molar-refractivity contribution in [1.82, 2.24) is 20.5 Å². The Morgan fingerprint density at radius 1 is 1.20 bits per heavy atom.